The molecule has 0 aliphatic heterocycles. The number of hydrogen-bond donors (Lipinski definition) is 3. The molecule has 1 aromatic rings. The van der Waals surface area contributed by atoms with Gasteiger partial charge in [-0.2, -0.15) is 11.8 Å². The van der Waals surface area contributed by atoms with Crippen LogP contribution in [0.15, 0.2) is 24.3 Å². The SMILES string of the molecule is CCSCC(C)NC(=O)Nc1ccc(C(C)N)cc1. The van der Waals surface area contributed by atoms with Crippen LogP contribution in [0.2, 0.25) is 0 Å². The van der Waals surface area contributed by atoms with Gasteiger partial charge in [0.25, 0.3) is 0 Å². The Morgan fingerprint density at radius 3 is 2.47 bits per heavy atom. The number of nitrogens with one attached hydrogen (secondary N) is 2. The quantitative estimate of drug-likeness (QED) is 0.751. The third-order valence-corrected chi connectivity index (χ3v) is 3.79. The maximum Gasteiger partial charge on any atom is 0.319 e. The summed E-state index contributed by atoms with van der Waals surface area (Å²) in [6.45, 7) is 6.04. The van der Waals surface area contributed by atoms with Crippen LogP contribution in [0.4, 0.5) is 10.5 Å². The van der Waals surface area contributed by atoms with E-state index in [1.165, 1.54) is 0 Å². The minimum Gasteiger partial charge on any atom is -0.335 e. The van der Waals surface area contributed by atoms with Gasteiger partial charge < -0.3 is 16.4 Å². The van der Waals surface area contributed by atoms with E-state index in [9.17, 15) is 4.79 Å². The van der Waals surface area contributed by atoms with Gasteiger partial charge in [0.2, 0.25) is 0 Å². The zero-order valence-corrected chi connectivity index (χ0v) is 12.6. The molecule has 0 fully saturated rings. The van der Waals surface area contributed by atoms with Gasteiger partial charge in [0, 0.05) is 23.5 Å². The van der Waals surface area contributed by atoms with Crippen molar-refractivity contribution in [3.63, 3.8) is 0 Å². The van der Waals surface area contributed by atoms with Crippen LogP contribution in [0.25, 0.3) is 0 Å². The molecule has 0 spiro atoms. The van der Waals surface area contributed by atoms with E-state index in [0.29, 0.717) is 0 Å². The molecule has 106 valence electrons. The van der Waals surface area contributed by atoms with Crippen LogP contribution in [-0.2, 0) is 0 Å². The number of nitrogens with two attached hydrogens (primary N) is 1. The van der Waals surface area contributed by atoms with Gasteiger partial charge in [0.15, 0.2) is 0 Å². The van der Waals surface area contributed by atoms with Gasteiger partial charge >= 0.3 is 6.03 Å². The number of rotatable bonds is 6. The van der Waals surface area contributed by atoms with Gasteiger partial charge in [0.1, 0.15) is 0 Å². The van der Waals surface area contributed by atoms with E-state index in [2.05, 4.69) is 17.6 Å². The Morgan fingerprint density at radius 1 is 1.32 bits per heavy atom. The topological polar surface area (TPSA) is 67.2 Å². The summed E-state index contributed by atoms with van der Waals surface area (Å²) in [6, 6.07) is 7.58. The number of benzene rings is 1. The second kappa shape index (κ2) is 8.07. The molecular weight excluding hydrogens is 258 g/mol. The van der Waals surface area contributed by atoms with E-state index in [1.54, 1.807) is 0 Å². The Bertz CT molecular complexity index is 392. The van der Waals surface area contributed by atoms with Gasteiger partial charge in [-0.3, -0.25) is 0 Å². The third kappa shape index (κ3) is 5.98. The predicted octanol–water partition coefficient (Wildman–Crippen LogP) is 2.97. The lowest BCUT2D eigenvalue weighted by Gasteiger charge is -2.14. The summed E-state index contributed by atoms with van der Waals surface area (Å²) >= 11 is 1.81. The summed E-state index contributed by atoms with van der Waals surface area (Å²) in [7, 11) is 0. The van der Waals surface area contributed by atoms with Crippen molar-refractivity contribution in [3.8, 4) is 0 Å². The molecule has 4 nitrogen and oxygen atoms in total. The molecule has 0 saturated heterocycles. The molecule has 4 N–H and O–H groups in total. The normalized spacial score (nSPS) is 13.7. The van der Waals surface area contributed by atoms with E-state index in [-0.39, 0.29) is 18.1 Å². The van der Waals surface area contributed by atoms with Crippen LogP contribution in [0.5, 0.6) is 0 Å². The van der Waals surface area contributed by atoms with E-state index < -0.39 is 0 Å². The first-order chi connectivity index (χ1) is 9.02. The van der Waals surface area contributed by atoms with Gasteiger partial charge in [0.05, 0.1) is 0 Å². The van der Waals surface area contributed by atoms with Crippen LogP contribution >= 0.6 is 11.8 Å². The van der Waals surface area contributed by atoms with Crippen molar-refractivity contribution in [3.05, 3.63) is 29.8 Å². The van der Waals surface area contributed by atoms with Crippen molar-refractivity contribution in [2.45, 2.75) is 32.9 Å². The fourth-order valence-corrected chi connectivity index (χ4v) is 2.27. The number of anilines is 1. The van der Waals surface area contributed by atoms with Gasteiger partial charge in [-0.15, -0.1) is 0 Å². The average Bonchev–Trinajstić information content (AvgIpc) is 2.36. The summed E-state index contributed by atoms with van der Waals surface area (Å²) in [4.78, 5) is 11.7. The lowest BCUT2D eigenvalue weighted by Crippen LogP contribution is -2.37. The molecule has 19 heavy (non-hydrogen) atoms. The Morgan fingerprint density at radius 2 is 1.95 bits per heavy atom. The number of amides is 2. The van der Waals surface area contributed by atoms with Crippen LogP contribution in [0, 0.1) is 0 Å². The average molecular weight is 281 g/mol. The number of urea groups is 1. The first kappa shape index (κ1) is 15.9. The van der Waals surface area contributed by atoms with E-state index in [0.717, 1.165) is 22.8 Å². The van der Waals surface area contributed by atoms with Crippen molar-refractivity contribution in [2.24, 2.45) is 5.73 Å². The minimum atomic E-state index is -0.169. The van der Waals surface area contributed by atoms with E-state index in [4.69, 9.17) is 5.73 Å². The Hall–Kier alpha value is -1.20. The minimum absolute atomic E-state index is 0.00830. The van der Waals surface area contributed by atoms with Crippen molar-refractivity contribution >= 4 is 23.5 Å². The largest absolute Gasteiger partial charge is 0.335 e. The zero-order chi connectivity index (χ0) is 14.3. The number of hydrogen-bond acceptors (Lipinski definition) is 3. The predicted molar refractivity (Wildman–Crippen MR) is 83.7 cm³/mol. The van der Waals surface area contributed by atoms with Crippen LogP contribution < -0.4 is 16.4 Å². The number of thioether (sulfide) groups is 1. The fraction of sp³-hybridized carbons (Fsp3) is 0.500. The maximum atomic E-state index is 11.7. The highest BCUT2D eigenvalue weighted by Crippen LogP contribution is 2.14. The maximum absolute atomic E-state index is 11.7. The summed E-state index contributed by atoms with van der Waals surface area (Å²) in [5.41, 5.74) is 7.60. The van der Waals surface area contributed by atoms with Crippen molar-refractivity contribution in [1.82, 2.24) is 5.32 Å². The molecule has 0 bridgehead atoms. The Balaban J connectivity index is 2.43. The van der Waals surface area contributed by atoms with Crippen molar-refractivity contribution in [1.29, 1.82) is 0 Å². The molecule has 2 atom stereocenters. The highest BCUT2D eigenvalue weighted by Gasteiger charge is 2.07. The molecule has 0 aliphatic rings. The highest BCUT2D eigenvalue weighted by molar-refractivity contribution is 7.99. The highest BCUT2D eigenvalue weighted by atomic mass is 32.2. The molecule has 0 aromatic heterocycles. The summed E-state index contributed by atoms with van der Waals surface area (Å²) in [5.74, 6) is 1.99. The number of carbonyl (C=O) groups excluding carboxylic acids is 1. The number of carbonyl (C=O) groups is 1. The molecule has 2 unspecified atom stereocenters. The molecule has 1 aromatic carbocycles. The molecule has 1 rings (SSSR count). The smallest absolute Gasteiger partial charge is 0.319 e. The van der Waals surface area contributed by atoms with Gasteiger partial charge in [-0.1, -0.05) is 19.1 Å². The van der Waals surface area contributed by atoms with Crippen molar-refractivity contribution < 1.29 is 4.79 Å². The monoisotopic (exact) mass is 281 g/mol. The lowest BCUT2D eigenvalue weighted by molar-refractivity contribution is 0.250. The van der Waals surface area contributed by atoms with Gasteiger partial charge in [-0.25, -0.2) is 4.79 Å². The Labute approximate surface area is 119 Å². The summed E-state index contributed by atoms with van der Waals surface area (Å²) < 4.78 is 0. The van der Waals surface area contributed by atoms with Crippen LogP contribution in [0.1, 0.15) is 32.4 Å². The van der Waals surface area contributed by atoms with Gasteiger partial charge in [-0.05, 0) is 37.3 Å². The summed E-state index contributed by atoms with van der Waals surface area (Å²) in [6.07, 6.45) is 0. The van der Waals surface area contributed by atoms with Crippen LogP contribution in [0.3, 0.4) is 0 Å². The molecule has 0 heterocycles. The lowest BCUT2D eigenvalue weighted by atomic mass is 10.1. The molecule has 5 heteroatoms. The first-order valence-electron chi connectivity index (χ1n) is 6.53. The zero-order valence-electron chi connectivity index (χ0n) is 11.8. The molecule has 0 saturated carbocycles. The molecule has 0 radical (unpaired) electrons. The molecule has 0 aliphatic carbocycles. The second-order valence-electron chi connectivity index (χ2n) is 4.57. The Kier molecular flexibility index (Phi) is 6.73. The second-order valence-corrected chi connectivity index (χ2v) is 5.89. The van der Waals surface area contributed by atoms with E-state index >= 15 is 0 Å². The molecule has 2 amide bonds. The first-order valence-corrected chi connectivity index (χ1v) is 7.69. The standard InChI is InChI=1S/C14H23N3OS/c1-4-19-9-10(2)16-14(18)17-13-7-5-12(6-8-13)11(3)15/h5-8,10-11H,4,9,15H2,1-3H3,(H2,16,17,18). The third-order valence-electron chi connectivity index (χ3n) is 2.64. The molecular formula is C14H23N3OS. The van der Waals surface area contributed by atoms with Crippen molar-refractivity contribution in [2.75, 3.05) is 16.8 Å². The summed E-state index contributed by atoms with van der Waals surface area (Å²) in [5, 5.41) is 5.72. The fourth-order valence-electron chi connectivity index (χ4n) is 1.60. The van der Waals surface area contributed by atoms with Crippen LogP contribution in [-0.4, -0.2) is 23.6 Å². The van der Waals surface area contributed by atoms with E-state index in [1.807, 2.05) is 49.9 Å².